The topological polar surface area (TPSA) is 18.5 Å². The molecule has 1 aliphatic rings. The van der Waals surface area contributed by atoms with Gasteiger partial charge in [0, 0.05) is 13.7 Å². The zero-order chi connectivity index (χ0) is 19.7. The summed E-state index contributed by atoms with van der Waals surface area (Å²) < 4.78 is 50.1. The second-order valence-electron chi connectivity index (χ2n) is 7.85. The van der Waals surface area contributed by atoms with Crippen LogP contribution in [-0.4, -0.2) is 26.5 Å². The van der Waals surface area contributed by atoms with E-state index in [0.717, 1.165) is 11.7 Å². The molecule has 1 fully saturated rings. The minimum absolute atomic E-state index is 0.0149. The molecule has 0 spiro atoms. The summed E-state index contributed by atoms with van der Waals surface area (Å²) in [4.78, 5) is 0. The lowest BCUT2D eigenvalue weighted by molar-refractivity contribution is -0.178. The summed E-state index contributed by atoms with van der Waals surface area (Å²) in [6.45, 7) is 3.07. The minimum atomic E-state index is -4.20. The van der Waals surface area contributed by atoms with Crippen molar-refractivity contribution >= 4 is 0 Å². The van der Waals surface area contributed by atoms with Gasteiger partial charge in [0.05, 0.1) is 12.5 Å². The lowest BCUT2D eigenvalue weighted by Gasteiger charge is -2.28. The van der Waals surface area contributed by atoms with Gasteiger partial charge in [-0.1, -0.05) is 44.7 Å². The Balaban J connectivity index is 1.79. The summed E-state index contributed by atoms with van der Waals surface area (Å²) in [5.41, 5.74) is 0.681. The third kappa shape index (κ3) is 7.73. The molecule has 0 radical (unpaired) electrons. The quantitative estimate of drug-likeness (QED) is 0.461. The maximum absolute atomic E-state index is 13.1. The molecular weight excluding hydrogens is 353 g/mol. The lowest BCUT2D eigenvalue weighted by Crippen LogP contribution is -2.26. The fraction of sp³-hybridized carbons (Fsp3) is 0.727. The molecule has 2 rings (SSSR count). The molecular formula is C22H33F3O2. The maximum Gasteiger partial charge on any atom is 0.392 e. The zero-order valence-corrected chi connectivity index (χ0v) is 16.6. The van der Waals surface area contributed by atoms with Gasteiger partial charge in [-0.3, -0.25) is 0 Å². The number of rotatable bonds is 10. The molecule has 1 aromatic carbocycles. The molecule has 1 unspecified atom stereocenters. The summed E-state index contributed by atoms with van der Waals surface area (Å²) in [6, 6.07) is 7.08. The SMILES string of the molecule is CCCC1CCC(COc2ccc(CC(CCOC)C(F)(F)F)cc2)CC1. The average Bonchev–Trinajstić information content (AvgIpc) is 2.65. The molecule has 0 aliphatic heterocycles. The highest BCUT2D eigenvalue weighted by Gasteiger charge is 2.38. The van der Waals surface area contributed by atoms with E-state index in [1.165, 1.54) is 45.6 Å². The molecule has 1 atom stereocenters. The first-order valence-electron chi connectivity index (χ1n) is 10.2. The van der Waals surface area contributed by atoms with Crippen molar-refractivity contribution in [2.24, 2.45) is 17.8 Å². The van der Waals surface area contributed by atoms with Gasteiger partial charge in [0.25, 0.3) is 0 Å². The smallest absolute Gasteiger partial charge is 0.392 e. The Hall–Kier alpha value is -1.23. The Morgan fingerprint density at radius 3 is 2.22 bits per heavy atom. The summed E-state index contributed by atoms with van der Waals surface area (Å²) >= 11 is 0. The van der Waals surface area contributed by atoms with Crippen LogP contribution in [0.3, 0.4) is 0 Å². The van der Waals surface area contributed by atoms with Crippen molar-refractivity contribution < 1.29 is 22.6 Å². The van der Waals surface area contributed by atoms with Gasteiger partial charge in [0.1, 0.15) is 5.75 Å². The molecule has 1 aromatic rings. The minimum Gasteiger partial charge on any atom is -0.493 e. The lowest BCUT2D eigenvalue weighted by atomic mass is 9.80. The van der Waals surface area contributed by atoms with Crippen LogP contribution >= 0.6 is 0 Å². The highest BCUT2D eigenvalue weighted by Crippen LogP contribution is 2.33. The molecule has 1 saturated carbocycles. The highest BCUT2D eigenvalue weighted by molar-refractivity contribution is 5.27. The van der Waals surface area contributed by atoms with Crippen LogP contribution in [0.2, 0.25) is 0 Å². The number of methoxy groups -OCH3 is 1. The van der Waals surface area contributed by atoms with E-state index in [9.17, 15) is 13.2 Å². The molecule has 27 heavy (non-hydrogen) atoms. The van der Waals surface area contributed by atoms with Crippen LogP contribution in [0.1, 0.15) is 57.4 Å². The van der Waals surface area contributed by atoms with Gasteiger partial charge >= 0.3 is 6.18 Å². The van der Waals surface area contributed by atoms with Gasteiger partial charge in [-0.05, 0) is 55.2 Å². The van der Waals surface area contributed by atoms with Crippen molar-refractivity contribution in [2.75, 3.05) is 20.3 Å². The Kier molecular flexibility index (Phi) is 8.94. The van der Waals surface area contributed by atoms with E-state index >= 15 is 0 Å². The van der Waals surface area contributed by atoms with Crippen molar-refractivity contribution in [3.8, 4) is 5.75 Å². The highest BCUT2D eigenvalue weighted by atomic mass is 19.4. The van der Waals surface area contributed by atoms with E-state index in [0.29, 0.717) is 18.1 Å². The van der Waals surface area contributed by atoms with E-state index in [-0.39, 0.29) is 19.4 Å². The fourth-order valence-corrected chi connectivity index (χ4v) is 3.96. The van der Waals surface area contributed by atoms with Crippen molar-refractivity contribution in [3.05, 3.63) is 29.8 Å². The first-order valence-corrected chi connectivity index (χ1v) is 10.2. The van der Waals surface area contributed by atoms with Gasteiger partial charge in [0.15, 0.2) is 0 Å². The van der Waals surface area contributed by atoms with Crippen LogP contribution in [0.5, 0.6) is 5.75 Å². The molecule has 0 aromatic heterocycles. The second-order valence-corrected chi connectivity index (χ2v) is 7.85. The molecule has 0 heterocycles. The molecule has 0 amide bonds. The van der Waals surface area contributed by atoms with E-state index in [1.54, 1.807) is 24.3 Å². The molecule has 154 valence electrons. The van der Waals surface area contributed by atoms with Crippen LogP contribution in [0.15, 0.2) is 24.3 Å². The molecule has 2 nitrogen and oxygen atoms in total. The molecule has 5 heteroatoms. The number of hydrogen-bond donors (Lipinski definition) is 0. The van der Waals surface area contributed by atoms with Gasteiger partial charge < -0.3 is 9.47 Å². The number of halogens is 3. The van der Waals surface area contributed by atoms with Gasteiger partial charge in [-0.2, -0.15) is 13.2 Å². The number of hydrogen-bond acceptors (Lipinski definition) is 2. The first-order chi connectivity index (χ1) is 12.9. The number of alkyl halides is 3. The van der Waals surface area contributed by atoms with Crippen LogP contribution < -0.4 is 4.74 Å². The predicted molar refractivity (Wildman–Crippen MR) is 102 cm³/mol. The maximum atomic E-state index is 13.1. The van der Waals surface area contributed by atoms with Crippen LogP contribution in [-0.2, 0) is 11.2 Å². The van der Waals surface area contributed by atoms with Gasteiger partial charge in [-0.25, -0.2) is 0 Å². The Labute approximate surface area is 161 Å². The normalized spacial score (nSPS) is 21.8. The third-order valence-electron chi connectivity index (χ3n) is 5.69. The molecule has 0 saturated heterocycles. The second kappa shape index (κ2) is 10.9. The largest absolute Gasteiger partial charge is 0.493 e. The van der Waals surface area contributed by atoms with Crippen LogP contribution in [0, 0.1) is 17.8 Å². The number of ether oxygens (including phenoxy) is 2. The summed E-state index contributed by atoms with van der Waals surface area (Å²) in [5.74, 6) is 0.851. The van der Waals surface area contributed by atoms with Crippen molar-refractivity contribution in [1.82, 2.24) is 0 Å². The molecule has 0 N–H and O–H groups in total. The van der Waals surface area contributed by atoms with Crippen LogP contribution in [0.4, 0.5) is 13.2 Å². The van der Waals surface area contributed by atoms with E-state index in [1.807, 2.05) is 0 Å². The van der Waals surface area contributed by atoms with Crippen molar-refractivity contribution in [2.45, 2.75) is 64.5 Å². The summed E-state index contributed by atoms with van der Waals surface area (Å²) in [5, 5.41) is 0. The standard InChI is InChI=1S/C22H33F3O2/c1-3-4-17-5-7-19(8-6-17)16-27-21-11-9-18(10-12-21)15-20(13-14-26-2)22(23,24)25/h9-12,17,19-20H,3-8,13-16H2,1-2H3. The van der Waals surface area contributed by atoms with Crippen molar-refractivity contribution in [3.63, 3.8) is 0 Å². The molecule has 0 bridgehead atoms. The Morgan fingerprint density at radius 2 is 1.67 bits per heavy atom. The van der Waals surface area contributed by atoms with Gasteiger partial charge in [-0.15, -0.1) is 0 Å². The molecule has 1 aliphatic carbocycles. The van der Waals surface area contributed by atoms with E-state index < -0.39 is 12.1 Å². The third-order valence-corrected chi connectivity index (χ3v) is 5.69. The summed E-state index contributed by atoms with van der Waals surface area (Å²) in [7, 11) is 1.43. The monoisotopic (exact) mass is 386 g/mol. The first kappa shape index (κ1) is 22.1. The van der Waals surface area contributed by atoms with E-state index in [4.69, 9.17) is 9.47 Å². The number of benzene rings is 1. The Morgan fingerprint density at radius 1 is 1.04 bits per heavy atom. The fourth-order valence-electron chi connectivity index (χ4n) is 3.96. The van der Waals surface area contributed by atoms with Crippen LogP contribution in [0.25, 0.3) is 0 Å². The van der Waals surface area contributed by atoms with Crippen molar-refractivity contribution in [1.29, 1.82) is 0 Å². The average molecular weight is 386 g/mol. The van der Waals surface area contributed by atoms with Gasteiger partial charge in [0.2, 0.25) is 0 Å². The zero-order valence-electron chi connectivity index (χ0n) is 16.6. The Bertz CT molecular complexity index is 519. The summed E-state index contributed by atoms with van der Waals surface area (Å²) in [6.07, 6.45) is 3.38. The van der Waals surface area contributed by atoms with E-state index in [2.05, 4.69) is 6.92 Å². The predicted octanol–water partition coefficient (Wildman–Crippen LogP) is 6.43.